The zero-order valence-electron chi connectivity index (χ0n) is 16.3. The van der Waals surface area contributed by atoms with Crippen LogP contribution in [0.3, 0.4) is 0 Å². The van der Waals surface area contributed by atoms with Gasteiger partial charge in [0.05, 0.1) is 10.6 Å². The van der Waals surface area contributed by atoms with Crippen LogP contribution in [-0.2, 0) is 14.8 Å². The minimum atomic E-state index is -3.71. The Bertz CT molecular complexity index is 1140. The fourth-order valence-corrected chi connectivity index (χ4v) is 4.56. The standard InChI is InChI=1S/C23H21ClN2O3S/c1-2-26(20-9-4-3-5-10-20)30(28,29)21-15-13-19(14-16-21)25-23(27)17-12-18-8-6-7-11-22(18)24/h3-17H,2H2,1H3,(H,25,27). The number of nitrogens with zero attached hydrogens (tertiary/aromatic N) is 1. The van der Waals surface area contributed by atoms with Crippen molar-refractivity contribution < 1.29 is 13.2 Å². The van der Waals surface area contributed by atoms with E-state index in [9.17, 15) is 13.2 Å². The Morgan fingerprint density at radius 1 is 0.967 bits per heavy atom. The number of hydrogen-bond acceptors (Lipinski definition) is 3. The highest BCUT2D eigenvalue weighted by Gasteiger charge is 2.23. The Morgan fingerprint density at radius 3 is 2.23 bits per heavy atom. The number of halogens is 1. The van der Waals surface area contributed by atoms with Crippen molar-refractivity contribution in [2.24, 2.45) is 0 Å². The smallest absolute Gasteiger partial charge is 0.264 e. The van der Waals surface area contributed by atoms with Crippen molar-refractivity contribution in [3.8, 4) is 0 Å². The van der Waals surface area contributed by atoms with Gasteiger partial charge < -0.3 is 5.32 Å². The maximum Gasteiger partial charge on any atom is 0.264 e. The van der Waals surface area contributed by atoms with E-state index in [1.165, 1.54) is 22.5 Å². The van der Waals surface area contributed by atoms with Gasteiger partial charge in [0.1, 0.15) is 0 Å². The molecule has 0 unspecified atom stereocenters. The Hall–Kier alpha value is -3.09. The first-order chi connectivity index (χ1) is 14.4. The fraction of sp³-hybridized carbons (Fsp3) is 0.0870. The normalized spacial score (nSPS) is 11.4. The Morgan fingerprint density at radius 2 is 1.60 bits per heavy atom. The summed E-state index contributed by atoms with van der Waals surface area (Å²) in [6.45, 7) is 2.09. The largest absolute Gasteiger partial charge is 0.323 e. The summed E-state index contributed by atoms with van der Waals surface area (Å²) in [6.07, 6.45) is 3.00. The van der Waals surface area contributed by atoms with E-state index < -0.39 is 10.0 Å². The molecule has 0 spiro atoms. The van der Waals surface area contributed by atoms with E-state index in [0.717, 1.165) is 5.56 Å². The van der Waals surface area contributed by atoms with E-state index in [1.54, 1.807) is 61.5 Å². The number of carbonyl (C=O) groups excluding carboxylic acids is 1. The first-order valence-corrected chi connectivity index (χ1v) is 11.1. The van der Waals surface area contributed by atoms with E-state index in [-0.39, 0.29) is 10.8 Å². The summed E-state index contributed by atoms with van der Waals surface area (Å²) < 4.78 is 27.3. The molecule has 1 N–H and O–H groups in total. The van der Waals surface area contributed by atoms with Crippen molar-refractivity contribution >= 4 is 45.0 Å². The summed E-state index contributed by atoms with van der Waals surface area (Å²) in [5.41, 5.74) is 1.82. The van der Waals surface area contributed by atoms with Gasteiger partial charge in [0.2, 0.25) is 5.91 Å². The average Bonchev–Trinajstić information content (AvgIpc) is 2.75. The molecule has 0 saturated carbocycles. The lowest BCUT2D eigenvalue weighted by atomic mass is 10.2. The second-order valence-corrected chi connectivity index (χ2v) is 8.64. The Labute approximate surface area is 181 Å². The van der Waals surface area contributed by atoms with Crippen molar-refractivity contribution in [2.75, 3.05) is 16.2 Å². The molecule has 0 bridgehead atoms. The molecule has 0 atom stereocenters. The van der Waals surface area contributed by atoms with Gasteiger partial charge in [-0.2, -0.15) is 0 Å². The average molecular weight is 441 g/mol. The molecule has 0 radical (unpaired) electrons. The number of anilines is 2. The quantitative estimate of drug-likeness (QED) is 0.513. The minimum Gasteiger partial charge on any atom is -0.323 e. The maximum absolute atomic E-state index is 13.0. The zero-order chi connectivity index (χ0) is 21.6. The van der Waals surface area contributed by atoms with Crippen molar-refractivity contribution in [1.29, 1.82) is 0 Å². The predicted octanol–water partition coefficient (Wildman–Crippen LogP) is 5.21. The monoisotopic (exact) mass is 440 g/mol. The van der Waals surface area contributed by atoms with E-state index in [1.807, 2.05) is 18.2 Å². The number of benzene rings is 3. The van der Waals surface area contributed by atoms with Crippen LogP contribution in [0.5, 0.6) is 0 Å². The van der Waals surface area contributed by atoms with Gasteiger partial charge in [0, 0.05) is 23.3 Å². The van der Waals surface area contributed by atoms with Crippen LogP contribution in [-0.4, -0.2) is 20.9 Å². The SMILES string of the molecule is CCN(c1ccccc1)S(=O)(=O)c1ccc(NC(=O)C=Cc2ccccc2Cl)cc1. The first-order valence-electron chi connectivity index (χ1n) is 9.33. The lowest BCUT2D eigenvalue weighted by Crippen LogP contribution is -2.30. The maximum atomic E-state index is 13.0. The number of hydrogen-bond donors (Lipinski definition) is 1. The van der Waals surface area contributed by atoms with Crippen LogP contribution in [0, 0.1) is 0 Å². The summed E-state index contributed by atoms with van der Waals surface area (Å²) in [5, 5.41) is 3.26. The minimum absolute atomic E-state index is 0.151. The molecule has 154 valence electrons. The van der Waals surface area contributed by atoms with Gasteiger partial charge in [-0.25, -0.2) is 8.42 Å². The van der Waals surface area contributed by atoms with Crippen molar-refractivity contribution in [3.63, 3.8) is 0 Å². The molecule has 0 heterocycles. The molecule has 0 fully saturated rings. The van der Waals surface area contributed by atoms with Crippen LogP contribution in [0.4, 0.5) is 11.4 Å². The molecule has 5 nitrogen and oxygen atoms in total. The van der Waals surface area contributed by atoms with Gasteiger partial charge in [-0.15, -0.1) is 0 Å². The third kappa shape index (κ3) is 5.09. The fourth-order valence-electron chi connectivity index (χ4n) is 2.88. The second kappa shape index (κ2) is 9.61. The van der Waals surface area contributed by atoms with Crippen molar-refractivity contribution in [1.82, 2.24) is 0 Å². The lowest BCUT2D eigenvalue weighted by Gasteiger charge is -2.23. The number of rotatable bonds is 7. The molecule has 3 rings (SSSR count). The van der Waals surface area contributed by atoms with E-state index in [0.29, 0.717) is 22.9 Å². The number of amides is 1. The van der Waals surface area contributed by atoms with E-state index in [2.05, 4.69) is 5.32 Å². The molecular weight excluding hydrogens is 420 g/mol. The first kappa shape index (κ1) is 21.6. The molecule has 0 aromatic heterocycles. The van der Waals surface area contributed by atoms with Gasteiger partial charge in [0.25, 0.3) is 10.0 Å². The summed E-state index contributed by atoms with van der Waals surface area (Å²) >= 11 is 6.07. The molecule has 0 saturated heterocycles. The van der Waals surface area contributed by atoms with Crippen LogP contribution in [0.1, 0.15) is 12.5 Å². The molecule has 0 aliphatic heterocycles. The summed E-state index contributed by atoms with van der Waals surface area (Å²) in [5.74, 6) is -0.343. The van der Waals surface area contributed by atoms with Gasteiger partial charge in [-0.3, -0.25) is 9.10 Å². The van der Waals surface area contributed by atoms with Crippen LogP contribution < -0.4 is 9.62 Å². The van der Waals surface area contributed by atoms with Gasteiger partial charge in [-0.1, -0.05) is 48.0 Å². The van der Waals surface area contributed by atoms with E-state index >= 15 is 0 Å². The van der Waals surface area contributed by atoms with Crippen molar-refractivity contribution in [2.45, 2.75) is 11.8 Å². The molecular formula is C23H21ClN2O3S. The highest BCUT2D eigenvalue weighted by Crippen LogP contribution is 2.24. The number of sulfonamides is 1. The molecule has 7 heteroatoms. The predicted molar refractivity (Wildman–Crippen MR) is 122 cm³/mol. The van der Waals surface area contributed by atoms with Gasteiger partial charge in [0.15, 0.2) is 0 Å². The number of nitrogens with one attached hydrogen (secondary N) is 1. The second-order valence-electron chi connectivity index (χ2n) is 6.37. The third-order valence-corrected chi connectivity index (χ3v) is 6.62. The highest BCUT2D eigenvalue weighted by molar-refractivity contribution is 7.92. The third-order valence-electron chi connectivity index (χ3n) is 4.36. The van der Waals surface area contributed by atoms with Crippen LogP contribution >= 0.6 is 11.6 Å². The Balaban J connectivity index is 1.72. The highest BCUT2D eigenvalue weighted by atomic mass is 35.5. The van der Waals surface area contributed by atoms with Gasteiger partial charge >= 0.3 is 0 Å². The van der Waals surface area contributed by atoms with E-state index in [4.69, 9.17) is 11.6 Å². The van der Waals surface area contributed by atoms with Crippen molar-refractivity contribution in [3.05, 3.63) is 95.5 Å². The summed E-state index contributed by atoms with van der Waals surface area (Å²) in [4.78, 5) is 12.3. The molecule has 0 aliphatic carbocycles. The topological polar surface area (TPSA) is 66.5 Å². The summed E-state index contributed by atoms with van der Waals surface area (Å²) in [6, 6.07) is 22.2. The molecule has 30 heavy (non-hydrogen) atoms. The van der Waals surface area contributed by atoms with Gasteiger partial charge in [-0.05, 0) is 61.0 Å². The molecule has 3 aromatic carbocycles. The molecule has 3 aromatic rings. The molecule has 0 aliphatic rings. The van der Waals surface area contributed by atoms with Crippen LogP contribution in [0.25, 0.3) is 6.08 Å². The zero-order valence-corrected chi connectivity index (χ0v) is 17.9. The number of carbonyl (C=O) groups is 1. The van der Waals surface area contributed by atoms with Crippen LogP contribution in [0.15, 0.2) is 89.8 Å². The van der Waals surface area contributed by atoms with Crippen LogP contribution in [0.2, 0.25) is 5.02 Å². The molecule has 1 amide bonds. The Kier molecular flexibility index (Phi) is 6.92. The summed E-state index contributed by atoms with van der Waals surface area (Å²) in [7, 11) is -3.71. The lowest BCUT2D eigenvalue weighted by molar-refractivity contribution is -0.111. The number of para-hydroxylation sites is 1.